The van der Waals surface area contributed by atoms with Crippen molar-refractivity contribution in [2.45, 2.75) is 0 Å². The summed E-state index contributed by atoms with van der Waals surface area (Å²) in [5, 5.41) is 9.80. The minimum atomic E-state index is 0.917. The minimum Gasteiger partial charge on any atom is -0.456 e. The lowest BCUT2D eigenvalue weighted by atomic mass is 9.99. The molecule has 0 amide bonds. The summed E-state index contributed by atoms with van der Waals surface area (Å²) in [6.45, 7) is 0. The predicted octanol–water partition coefficient (Wildman–Crippen LogP) is 12.1. The monoisotopic (exact) mass is 598 g/mol. The first kappa shape index (κ1) is 24.9. The van der Waals surface area contributed by atoms with Crippen molar-refractivity contribution in [3.8, 4) is 16.8 Å². The average molecular weight is 599 g/mol. The van der Waals surface area contributed by atoms with E-state index in [1.54, 1.807) is 0 Å². The molecule has 7 aromatic carbocycles. The van der Waals surface area contributed by atoms with Crippen LogP contribution in [0.5, 0.6) is 0 Å². The number of fused-ring (bicyclic) bond motifs is 15. The SMILES string of the molecule is c1ccc(-c2c3ccc(-n4c5ccccc5c5c6c(ccc54)oc4ccccc46)cc3n3c4ccccc4c4ccccc4c23)cc1. The molecule has 0 fully saturated rings. The second-order valence-electron chi connectivity index (χ2n) is 12.5. The van der Waals surface area contributed by atoms with Crippen molar-refractivity contribution >= 4 is 81.8 Å². The lowest BCUT2D eigenvalue weighted by Gasteiger charge is -2.12. The minimum absolute atomic E-state index is 0.917. The fourth-order valence-electron chi connectivity index (χ4n) is 8.19. The van der Waals surface area contributed by atoms with Crippen molar-refractivity contribution in [1.82, 2.24) is 8.97 Å². The maximum absolute atomic E-state index is 6.34. The Morgan fingerprint density at radius 3 is 1.91 bits per heavy atom. The van der Waals surface area contributed by atoms with E-state index in [0.717, 1.165) is 22.2 Å². The highest BCUT2D eigenvalue weighted by atomic mass is 16.3. The number of aromatic nitrogens is 2. The fraction of sp³-hybridized carbons (Fsp3) is 0. The van der Waals surface area contributed by atoms with E-state index in [-0.39, 0.29) is 0 Å². The lowest BCUT2D eigenvalue weighted by Crippen LogP contribution is -1.95. The van der Waals surface area contributed by atoms with Gasteiger partial charge in [0, 0.05) is 49.0 Å². The lowest BCUT2D eigenvalue weighted by molar-refractivity contribution is 0.669. The molecule has 0 bridgehead atoms. The standard InChI is InChI=1S/C44H26N2O/c1-2-12-27(13-3-1)41-33-23-22-28(26-38(33)46-35-19-9-6-15-30(35)29-14-4-5-16-31(29)44(41)46)45-36-20-10-7-17-32(36)42-37(45)24-25-40-43(42)34-18-8-11-21-39(34)47-40/h1-26H. The van der Waals surface area contributed by atoms with E-state index in [2.05, 4.69) is 161 Å². The van der Waals surface area contributed by atoms with Crippen LogP contribution < -0.4 is 0 Å². The molecule has 11 aromatic rings. The number of nitrogens with zero attached hydrogens (tertiary/aromatic N) is 2. The largest absolute Gasteiger partial charge is 0.456 e. The molecule has 47 heavy (non-hydrogen) atoms. The molecule has 0 aliphatic carbocycles. The van der Waals surface area contributed by atoms with E-state index in [1.165, 1.54) is 76.4 Å². The van der Waals surface area contributed by atoms with E-state index in [4.69, 9.17) is 4.42 Å². The molecule has 0 aliphatic rings. The first-order chi connectivity index (χ1) is 23.3. The Hall–Kier alpha value is -6.32. The van der Waals surface area contributed by atoms with Crippen LogP contribution in [-0.2, 0) is 0 Å². The molecule has 4 aromatic heterocycles. The number of benzene rings is 7. The summed E-state index contributed by atoms with van der Waals surface area (Å²) in [4.78, 5) is 0. The van der Waals surface area contributed by atoms with Crippen LogP contribution in [0.4, 0.5) is 0 Å². The summed E-state index contributed by atoms with van der Waals surface area (Å²) in [6.07, 6.45) is 0. The molecule has 3 nitrogen and oxygen atoms in total. The Balaban J connectivity index is 1.33. The molecule has 3 heteroatoms. The number of rotatable bonds is 2. The third kappa shape index (κ3) is 3.25. The second kappa shape index (κ2) is 9.12. The molecule has 0 saturated heterocycles. The first-order valence-electron chi connectivity index (χ1n) is 16.1. The molecular formula is C44H26N2O. The quantitative estimate of drug-likeness (QED) is 0.182. The zero-order valence-electron chi connectivity index (χ0n) is 25.3. The van der Waals surface area contributed by atoms with E-state index >= 15 is 0 Å². The summed E-state index contributed by atoms with van der Waals surface area (Å²) in [6, 6.07) is 57.0. The van der Waals surface area contributed by atoms with Crippen molar-refractivity contribution in [2.24, 2.45) is 0 Å². The van der Waals surface area contributed by atoms with E-state index < -0.39 is 0 Å². The number of furan rings is 1. The maximum atomic E-state index is 6.34. The van der Waals surface area contributed by atoms with Gasteiger partial charge in [-0.15, -0.1) is 0 Å². The van der Waals surface area contributed by atoms with Crippen molar-refractivity contribution in [2.75, 3.05) is 0 Å². The van der Waals surface area contributed by atoms with Crippen LogP contribution in [0.1, 0.15) is 0 Å². The Labute approximate surface area is 269 Å². The average Bonchev–Trinajstić information content (AvgIpc) is 3.79. The highest BCUT2D eigenvalue weighted by Crippen LogP contribution is 2.45. The summed E-state index contributed by atoms with van der Waals surface area (Å²) < 4.78 is 11.3. The van der Waals surface area contributed by atoms with Gasteiger partial charge in [-0.05, 0) is 53.4 Å². The van der Waals surface area contributed by atoms with Crippen LogP contribution >= 0.6 is 0 Å². The Morgan fingerprint density at radius 2 is 1.06 bits per heavy atom. The van der Waals surface area contributed by atoms with Gasteiger partial charge in [0.1, 0.15) is 11.2 Å². The van der Waals surface area contributed by atoms with Crippen molar-refractivity contribution in [3.05, 3.63) is 158 Å². The van der Waals surface area contributed by atoms with Gasteiger partial charge in [-0.25, -0.2) is 0 Å². The van der Waals surface area contributed by atoms with Crippen molar-refractivity contribution in [1.29, 1.82) is 0 Å². The summed E-state index contributed by atoms with van der Waals surface area (Å²) in [7, 11) is 0. The molecule has 4 heterocycles. The van der Waals surface area contributed by atoms with Gasteiger partial charge in [-0.3, -0.25) is 0 Å². The molecule has 0 spiro atoms. The molecule has 0 saturated carbocycles. The number of pyridine rings is 1. The Morgan fingerprint density at radius 1 is 0.383 bits per heavy atom. The first-order valence-corrected chi connectivity index (χ1v) is 16.1. The van der Waals surface area contributed by atoms with Gasteiger partial charge in [-0.2, -0.15) is 0 Å². The molecule has 0 radical (unpaired) electrons. The summed E-state index contributed by atoms with van der Waals surface area (Å²) in [5.41, 5.74) is 11.4. The zero-order valence-corrected chi connectivity index (χ0v) is 25.3. The van der Waals surface area contributed by atoms with Gasteiger partial charge >= 0.3 is 0 Å². The van der Waals surface area contributed by atoms with Gasteiger partial charge in [0.2, 0.25) is 0 Å². The number of para-hydroxylation sites is 3. The molecular weight excluding hydrogens is 572 g/mol. The van der Waals surface area contributed by atoms with E-state index in [9.17, 15) is 0 Å². The highest BCUT2D eigenvalue weighted by molar-refractivity contribution is 6.27. The molecule has 0 atom stereocenters. The predicted molar refractivity (Wildman–Crippen MR) is 197 cm³/mol. The van der Waals surface area contributed by atoms with Gasteiger partial charge < -0.3 is 13.4 Å². The van der Waals surface area contributed by atoms with Crippen molar-refractivity contribution < 1.29 is 4.42 Å². The summed E-state index contributed by atoms with van der Waals surface area (Å²) >= 11 is 0. The van der Waals surface area contributed by atoms with E-state index in [0.29, 0.717) is 0 Å². The van der Waals surface area contributed by atoms with Crippen LogP contribution in [0.25, 0.3) is 98.7 Å². The van der Waals surface area contributed by atoms with Crippen LogP contribution in [0.2, 0.25) is 0 Å². The Bertz CT molecular complexity index is 3070. The fourth-order valence-corrected chi connectivity index (χ4v) is 8.19. The highest BCUT2D eigenvalue weighted by Gasteiger charge is 2.22. The van der Waals surface area contributed by atoms with Gasteiger partial charge in [0.25, 0.3) is 0 Å². The number of hydrogen-bond donors (Lipinski definition) is 0. The van der Waals surface area contributed by atoms with Crippen LogP contribution in [0.15, 0.2) is 162 Å². The van der Waals surface area contributed by atoms with Crippen molar-refractivity contribution in [3.63, 3.8) is 0 Å². The number of hydrogen-bond acceptors (Lipinski definition) is 1. The molecule has 0 N–H and O–H groups in total. The third-order valence-corrected chi connectivity index (χ3v) is 10.1. The van der Waals surface area contributed by atoms with Gasteiger partial charge in [0.05, 0.1) is 27.6 Å². The molecule has 0 unspecified atom stereocenters. The third-order valence-electron chi connectivity index (χ3n) is 10.1. The smallest absolute Gasteiger partial charge is 0.136 e. The van der Waals surface area contributed by atoms with Gasteiger partial charge in [-0.1, -0.05) is 115 Å². The molecule has 218 valence electrons. The van der Waals surface area contributed by atoms with Crippen LogP contribution in [0, 0.1) is 0 Å². The maximum Gasteiger partial charge on any atom is 0.136 e. The second-order valence-corrected chi connectivity index (χ2v) is 12.5. The van der Waals surface area contributed by atoms with E-state index in [1.807, 2.05) is 6.07 Å². The normalized spacial score (nSPS) is 12.3. The Kier molecular flexibility index (Phi) is 4.84. The zero-order chi connectivity index (χ0) is 30.6. The topological polar surface area (TPSA) is 22.5 Å². The molecule has 11 rings (SSSR count). The summed E-state index contributed by atoms with van der Waals surface area (Å²) in [5.74, 6) is 0. The van der Waals surface area contributed by atoms with Crippen LogP contribution in [0.3, 0.4) is 0 Å². The van der Waals surface area contributed by atoms with Gasteiger partial charge in [0.15, 0.2) is 0 Å². The molecule has 0 aliphatic heterocycles. The van der Waals surface area contributed by atoms with Crippen LogP contribution in [-0.4, -0.2) is 8.97 Å².